The van der Waals surface area contributed by atoms with Gasteiger partial charge in [-0.3, -0.25) is 4.79 Å². The van der Waals surface area contributed by atoms with E-state index in [2.05, 4.69) is 32.0 Å². The predicted molar refractivity (Wildman–Crippen MR) is 157 cm³/mol. The van der Waals surface area contributed by atoms with E-state index in [0.29, 0.717) is 63.4 Å². The molecule has 3 aromatic rings. The maximum Gasteiger partial charge on any atom is 0.410 e. The number of piperazine rings is 1. The summed E-state index contributed by atoms with van der Waals surface area (Å²) < 4.78 is 21.9. The van der Waals surface area contributed by atoms with Gasteiger partial charge in [0.25, 0.3) is 5.91 Å². The highest BCUT2D eigenvalue weighted by atomic mass is 19.1. The molecule has 0 radical (unpaired) electrons. The van der Waals surface area contributed by atoms with Crippen LogP contribution in [0.3, 0.4) is 0 Å². The number of nitrogens with zero attached hydrogens (tertiary/aromatic N) is 5. The number of amides is 2. The zero-order chi connectivity index (χ0) is 29.3. The molecule has 2 fully saturated rings. The van der Waals surface area contributed by atoms with E-state index in [-0.39, 0.29) is 23.7 Å². The van der Waals surface area contributed by atoms with Gasteiger partial charge in [0.2, 0.25) is 0 Å². The fourth-order valence-electron chi connectivity index (χ4n) is 5.84. The molecule has 2 amide bonds. The van der Waals surface area contributed by atoms with Crippen LogP contribution in [0, 0.1) is 19.7 Å². The molecule has 41 heavy (non-hydrogen) atoms. The lowest BCUT2D eigenvalue weighted by Gasteiger charge is -2.37. The van der Waals surface area contributed by atoms with Crippen molar-refractivity contribution >= 4 is 17.7 Å². The highest BCUT2D eigenvalue weighted by Crippen LogP contribution is 2.34. The zero-order valence-corrected chi connectivity index (χ0v) is 24.7. The largest absolute Gasteiger partial charge is 0.444 e. The average Bonchev–Trinajstić information content (AvgIpc) is 3.37. The van der Waals surface area contributed by atoms with Crippen LogP contribution in [0.5, 0.6) is 0 Å². The second-order valence-corrected chi connectivity index (χ2v) is 12.1. The molecule has 0 aliphatic carbocycles. The number of likely N-dealkylation sites (tertiary alicyclic amines) is 1. The van der Waals surface area contributed by atoms with Gasteiger partial charge in [-0.05, 0) is 71.2 Å². The Balaban J connectivity index is 1.39. The lowest BCUT2D eigenvalue weighted by molar-refractivity contribution is 0.0203. The number of aryl methyl sites for hydroxylation is 2. The van der Waals surface area contributed by atoms with Crippen LogP contribution in [0.4, 0.5) is 14.9 Å². The van der Waals surface area contributed by atoms with Crippen molar-refractivity contribution in [3.63, 3.8) is 0 Å². The van der Waals surface area contributed by atoms with Gasteiger partial charge in [-0.2, -0.15) is 5.10 Å². The van der Waals surface area contributed by atoms with Crippen LogP contribution >= 0.6 is 0 Å². The first kappa shape index (κ1) is 28.6. The van der Waals surface area contributed by atoms with Gasteiger partial charge in [-0.25, -0.2) is 13.9 Å². The maximum atomic E-state index is 14.4. The van der Waals surface area contributed by atoms with E-state index in [1.54, 1.807) is 23.2 Å². The summed E-state index contributed by atoms with van der Waals surface area (Å²) in [7, 11) is 0. The molecular weight excluding hydrogens is 521 g/mol. The van der Waals surface area contributed by atoms with E-state index in [9.17, 15) is 14.0 Å². The fourth-order valence-corrected chi connectivity index (χ4v) is 5.84. The van der Waals surface area contributed by atoms with E-state index < -0.39 is 5.60 Å². The lowest BCUT2D eigenvalue weighted by atomic mass is 9.90. The van der Waals surface area contributed by atoms with Crippen molar-refractivity contribution in [1.82, 2.24) is 19.6 Å². The summed E-state index contributed by atoms with van der Waals surface area (Å²) in [4.78, 5) is 32.3. The van der Waals surface area contributed by atoms with Crippen LogP contribution in [-0.2, 0) is 4.74 Å². The monoisotopic (exact) mass is 561 g/mol. The normalized spacial score (nSPS) is 16.7. The van der Waals surface area contributed by atoms with Crippen molar-refractivity contribution in [1.29, 1.82) is 0 Å². The summed E-state index contributed by atoms with van der Waals surface area (Å²) in [5.41, 5.74) is 4.70. The quantitative estimate of drug-likeness (QED) is 0.408. The Labute approximate surface area is 241 Å². The molecule has 0 unspecified atom stereocenters. The molecule has 0 saturated carbocycles. The van der Waals surface area contributed by atoms with Crippen LogP contribution < -0.4 is 4.90 Å². The number of benzene rings is 2. The number of para-hydroxylation sites is 1. The van der Waals surface area contributed by atoms with Crippen molar-refractivity contribution < 1.29 is 18.7 Å². The minimum Gasteiger partial charge on any atom is -0.444 e. The summed E-state index contributed by atoms with van der Waals surface area (Å²) in [6.45, 7) is 12.9. The molecule has 0 bridgehead atoms. The number of hydrogen-bond donors (Lipinski definition) is 0. The van der Waals surface area contributed by atoms with Gasteiger partial charge >= 0.3 is 6.09 Å². The number of carbonyl (C=O) groups is 2. The number of anilines is 1. The van der Waals surface area contributed by atoms with Crippen molar-refractivity contribution in [3.8, 4) is 5.69 Å². The molecule has 2 aliphatic rings. The molecule has 0 atom stereocenters. The molecule has 0 N–H and O–H groups in total. The minimum absolute atomic E-state index is 0.0514. The molecule has 1 aromatic heterocycles. The number of aromatic nitrogens is 2. The first-order valence-electron chi connectivity index (χ1n) is 14.4. The number of rotatable bonds is 4. The SMILES string of the molecule is Cc1ccc(-n2ncc(C(=O)N3CCN(c4ccccc4F)CC3)c2C2CCN(C(=O)OC(C)(C)C)CC2)c(C)c1. The Morgan fingerprint density at radius 1 is 0.902 bits per heavy atom. The predicted octanol–water partition coefficient (Wildman–Crippen LogP) is 5.71. The Kier molecular flexibility index (Phi) is 8.07. The number of piperidine rings is 1. The Bertz CT molecular complexity index is 1410. The summed E-state index contributed by atoms with van der Waals surface area (Å²) >= 11 is 0. The highest BCUT2D eigenvalue weighted by Gasteiger charge is 2.34. The average molecular weight is 562 g/mol. The first-order valence-corrected chi connectivity index (χ1v) is 14.4. The third-order valence-corrected chi connectivity index (χ3v) is 7.91. The van der Waals surface area contributed by atoms with Crippen LogP contribution in [0.1, 0.15) is 66.7 Å². The summed E-state index contributed by atoms with van der Waals surface area (Å²) in [5, 5.41) is 4.75. The van der Waals surface area contributed by atoms with Gasteiger partial charge in [0.15, 0.2) is 0 Å². The number of hydrogen-bond acceptors (Lipinski definition) is 5. The van der Waals surface area contributed by atoms with E-state index in [4.69, 9.17) is 9.84 Å². The smallest absolute Gasteiger partial charge is 0.410 e. The van der Waals surface area contributed by atoms with Gasteiger partial charge in [0.05, 0.1) is 28.8 Å². The Hall–Kier alpha value is -3.88. The van der Waals surface area contributed by atoms with Gasteiger partial charge in [-0.15, -0.1) is 0 Å². The number of ether oxygens (including phenoxy) is 1. The molecule has 0 spiro atoms. The van der Waals surface area contributed by atoms with E-state index in [1.165, 1.54) is 6.07 Å². The van der Waals surface area contributed by atoms with Crippen LogP contribution in [0.25, 0.3) is 5.69 Å². The van der Waals surface area contributed by atoms with E-state index >= 15 is 0 Å². The van der Waals surface area contributed by atoms with E-state index in [1.807, 2.05) is 41.3 Å². The molecule has 2 aromatic carbocycles. The summed E-state index contributed by atoms with van der Waals surface area (Å²) in [6, 6.07) is 13.0. The molecular formula is C32H40FN5O3. The Morgan fingerprint density at radius 2 is 1.59 bits per heavy atom. The van der Waals surface area contributed by atoms with Crippen molar-refractivity contribution in [2.75, 3.05) is 44.2 Å². The maximum absolute atomic E-state index is 14.4. The van der Waals surface area contributed by atoms with Crippen LogP contribution in [0.2, 0.25) is 0 Å². The highest BCUT2D eigenvalue weighted by molar-refractivity contribution is 5.95. The van der Waals surface area contributed by atoms with Crippen molar-refractivity contribution in [2.24, 2.45) is 0 Å². The van der Waals surface area contributed by atoms with Crippen molar-refractivity contribution in [2.45, 2.75) is 59.0 Å². The third-order valence-electron chi connectivity index (χ3n) is 7.91. The van der Waals surface area contributed by atoms with Gasteiger partial charge < -0.3 is 19.4 Å². The summed E-state index contributed by atoms with van der Waals surface area (Å²) in [6.07, 6.45) is 2.80. The second kappa shape index (κ2) is 11.5. The standard InChI is InChI=1S/C32H40FN5O3/c1-22-10-11-27(23(2)20-22)38-29(24-12-14-37(15-13-24)31(40)41-32(3,4)5)25(21-34-38)30(39)36-18-16-35(17-19-36)28-9-7-6-8-26(28)33/h6-11,20-21,24H,12-19H2,1-5H3. The number of carbonyl (C=O) groups excluding carboxylic acids is 2. The molecule has 8 nitrogen and oxygen atoms in total. The van der Waals surface area contributed by atoms with Gasteiger partial charge in [0.1, 0.15) is 11.4 Å². The fraction of sp³-hybridized carbons (Fsp3) is 0.469. The van der Waals surface area contributed by atoms with Gasteiger partial charge in [0, 0.05) is 45.2 Å². The first-order chi connectivity index (χ1) is 19.5. The lowest BCUT2D eigenvalue weighted by Crippen LogP contribution is -2.49. The van der Waals surface area contributed by atoms with Crippen molar-refractivity contribution in [3.05, 3.63) is 76.9 Å². The molecule has 218 valence electrons. The molecule has 3 heterocycles. The van der Waals surface area contributed by atoms with E-state index in [0.717, 1.165) is 22.5 Å². The second-order valence-electron chi connectivity index (χ2n) is 12.1. The molecule has 2 aliphatic heterocycles. The minimum atomic E-state index is -0.550. The third kappa shape index (κ3) is 6.24. The topological polar surface area (TPSA) is 70.9 Å². The zero-order valence-electron chi connectivity index (χ0n) is 24.7. The molecule has 9 heteroatoms. The van der Waals surface area contributed by atoms with Gasteiger partial charge in [-0.1, -0.05) is 29.8 Å². The Morgan fingerprint density at radius 3 is 2.22 bits per heavy atom. The number of halogens is 1. The molecule has 2 saturated heterocycles. The summed E-state index contributed by atoms with van der Waals surface area (Å²) in [5.74, 6) is -0.253. The van der Waals surface area contributed by atoms with Crippen LogP contribution in [-0.4, -0.2) is 76.5 Å². The van der Waals surface area contributed by atoms with Crippen LogP contribution in [0.15, 0.2) is 48.7 Å². The molecule has 5 rings (SSSR count).